The first-order valence-electron chi connectivity index (χ1n) is 10.3. The number of amidine groups is 1. The molecule has 1 fully saturated rings. The number of halogens is 2. The normalized spacial score (nSPS) is 27.7. The van der Waals surface area contributed by atoms with Crippen LogP contribution in [0.4, 0.5) is 14.5 Å². The van der Waals surface area contributed by atoms with E-state index in [1.54, 1.807) is 13.0 Å². The van der Waals surface area contributed by atoms with E-state index in [0.29, 0.717) is 11.3 Å². The van der Waals surface area contributed by atoms with Crippen LogP contribution in [0.2, 0.25) is 0 Å². The van der Waals surface area contributed by atoms with E-state index in [-0.39, 0.29) is 35.6 Å². The third-order valence-corrected chi connectivity index (χ3v) is 9.72. The number of amides is 1. The van der Waals surface area contributed by atoms with Gasteiger partial charge < -0.3 is 15.8 Å². The van der Waals surface area contributed by atoms with Gasteiger partial charge in [0, 0.05) is 11.3 Å². The van der Waals surface area contributed by atoms with Crippen molar-refractivity contribution < 1.29 is 26.7 Å². The number of pyridine rings is 1. The maximum absolute atomic E-state index is 15.0. The molecular formula is C22H24F2N4O4S. The van der Waals surface area contributed by atoms with E-state index >= 15 is 0 Å². The van der Waals surface area contributed by atoms with Crippen molar-refractivity contribution in [2.24, 2.45) is 10.7 Å². The van der Waals surface area contributed by atoms with E-state index < -0.39 is 43.8 Å². The summed E-state index contributed by atoms with van der Waals surface area (Å²) in [5.41, 5.74) is 5.28. The smallest absolute Gasteiger partial charge is 0.274 e. The molecule has 3 N–H and O–H groups in total. The number of rotatable bonds is 5. The van der Waals surface area contributed by atoms with Crippen molar-refractivity contribution >= 4 is 27.3 Å². The number of hydrogen-bond acceptors (Lipinski definition) is 7. The molecule has 1 aromatic heterocycles. The molecular weight excluding hydrogens is 454 g/mol. The molecule has 4 rings (SSSR count). The van der Waals surface area contributed by atoms with Gasteiger partial charge in [-0.2, -0.15) is 0 Å². The van der Waals surface area contributed by atoms with E-state index in [1.165, 1.54) is 32.4 Å². The Hall–Kier alpha value is -3.08. The third-order valence-electron chi connectivity index (χ3n) is 6.67. The number of ether oxygens (including phenoxy) is 1. The van der Waals surface area contributed by atoms with Gasteiger partial charge in [0.15, 0.2) is 14.6 Å². The number of anilines is 1. The predicted molar refractivity (Wildman–Crippen MR) is 120 cm³/mol. The molecule has 2 bridgehead atoms. The zero-order valence-electron chi connectivity index (χ0n) is 18.4. The Kier molecular flexibility index (Phi) is 5.43. The van der Waals surface area contributed by atoms with Crippen molar-refractivity contribution in [3.63, 3.8) is 0 Å². The highest BCUT2D eigenvalue weighted by Crippen LogP contribution is 2.52. The minimum Gasteiger partial charge on any atom is -0.495 e. The van der Waals surface area contributed by atoms with Gasteiger partial charge in [0.05, 0.1) is 18.6 Å². The van der Waals surface area contributed by atoms with Gasteiger partial charge in [0.1, 0.15) is 35.3 Å². The zero-order valence-corrected chi connectivity index (χ0v) is 19.2. The van der Waals surface area contributed by atoms with Crippen molar-refractivity contribution in [2.45, 2.75) is 42.2 Å². The lowest BCUT2D eigenvalue weighted by Crippen LogP contribution is -2.58. The van der Waals surface area contributed by atoms with Crippen LogP contribution >= 0.6 is 0 Å². The summed E-state index contributed by atoms with van der Waals surface area (Å²) in [6.07, 6.45) is 1.49. The molecule has 11 heteroatoms. The van der Waals surface area contributed by atoms with Crippen molar-refractivity contribution in [1.29, 1.82) is 0 Å². The van der Waals surface area contributed by atoms with E-state index in [4.69, 9.17) is 10.5 Å². The summed E-state index contributed by atoms with van der Waals surface area (Å²) >= 11 is 0. The number of aromatic nitrogens is 1. The Balaban J connectivity index is 1.73. The molecule has 33 heavy (non-hydrogen) atoms. The van der Waals surface area contributed by atoms with Crippen molar-refractivity contribution in [3.8, 4) is 5.75 Å². The molecule has 2 aliphatic heterocycles. The summed E-state index contributed by atoms with van der Waals surface area (Å²) in [6, 6.07) is 5.46. The monoisotopic (exact) mass is 478 g/mol. The standard InChI is InChI=1S/C22H24F2N4O4S/c1-12-8-14(32-3)10-26-18(12)19(29)27-13-4-5-16(24)15(9-13)21(2)17-6-7-22(11-23,20(25)28-21)33(17,30)31/h4-5,8-10,17H,6-7,11H2,1-3H3,(H2,25,28)(H,27,29)/t17-,21+,22-/m0/s1. The van der Waals surface area contributed by atoms with Gasteiger partial charge in [-0.05, 0) is 56.5 Å². The third kappa shape index (κ3) is 3.28. The molecule has 1 saturated heterocycles. The van der Waals surface area contributed by atoms with Crippen LogP contribution in [0.25, 0.3) is 0 Å². The second-order valence-corrected chi connectivity index (χ2v) is 11.0. The van der Waals surface area contributed by atoms with Gasteiger partial charge in [-0.15, -0.1) is 0 Å². The van der Waals surface area contributed by atoms with Crippen molar-refractivity contribution in [3.05, 3.63) is 53.1 Å². The molecule has 0 spiro atoms. The summed E-state index contributed by atoms with van der Waals surface area (Å²) in [5.74, 6) is -1.10. The number of alkyl halides is 1. The molecule has 0 radical (unpaired) electrons. The second kappa shape index (κ2) is 7.75. The molecule has 3 heterocycles. The van der Waals surface area contributed by atoms with E-state index in [1.807, 2.05) is 0 Å². The molecule has 176 valence electrons. The van der Waals surface area contributed by atoms with Gasteiger partial charge >= 0.3 is 0 Å². The second-order valence-electron chi connectivity index (χ2n) is 8.53. The molecule has 2 aliphatic rings. The van der Waals surface area contributed by atoms with Crippen LogP contribution in [-0.4, -0.2) is 48.9 Å². The molecule has 3 atom stereocenters. The highest BCUT2D eigenvalue weighted by atomic mass is 32.2. The number of nitrogens with two attached hydrogens (primary N) is 1. The zero-order chi connectivity index (χ0) is 24.2. The van der Waals surface area contributed by atoms with Crippen LogP contribution in [0.1, 0.15) is 41.4 Å². The molecule has 1 aromatic carbocycles. The highest BCUT2D eigenvalue weighted by Gasteiger charge is 2.65. The van der Waals surface area contributed by atoms with Gasteiger partial charge in [0.2, 0.25) is 0 Å². The van der Waals surface area contributed by atoms with E-state index in [0.717, 1.165) is 6.07 Å². The van der Waals surface area contributed by atoms with Crippen molar-refractivity contribution in [1.82, 2.24) is 4.98 Å². The fraction of sp³-hybridized carbons (Fsp3) is 0.409. The molecule has 1 amide bonds. The first kappa shape index (κ1) is 23.1. The van der Waals surface area contributed by atoms with Gasteiger partial charge in [-0.3, -0.25) is 9.79 Å². The average molecular weight is 479 g/mol. The number of benzene rings is 1. The minimum absolute atomic E-state index is 0.0120. The van der Waals surface area contributed by atoms with Crippen LogP contribution in [0.15, 0.2) is 35.5 Å². The summed E-state index contributed by atoms with van der Waals surface area (Å²) in [7, 11) is -2.57. The number of aliphatic imine (C=N–C) groups is 1. The Bertz CT molecular complexity index is 1280. The van der Waals surface area contributed by atoms with Gasteiger partial charge in [0.25, 0.3) is 5.91 Å². The fourth-order valence-electron chi connectivity index (χ4n) is 4.74. The number of sulfone groups is 1. The maximum atomic E-state index is 15.0. The number of aryl methyl sites for hydroxylation is 1. The number of hydrogen-bond donors (Lipinski definition) is 2. The lowest BCUT2D eigenvalue weighted by Gasteiger charge is -2.39. The van der Waals surface area contributed by atoms with Crippen LogP contribution in [0, 0.1) is 12.7 Å². The highest BCUT2D eigenvalue weighted by molar-refractivity contribution is 7.94. The number of carbonyl (C=O) groups is 1. The maximum Gasteiger partial charge on any atom is 0.274 e. The Morgan fingerprint density at radius 1 is 1.36 bits per heavy atom. The van der Waals surface area contributed by atoms with Crippen molar-refractivity contribution in [2.75, 3.05) is 19.1 Å². The quantitative estimate of drug-likeness (QED) is 0.681. The Labute approximate surface area is 190 Å². The number of nitrogens with zero attached hydrogens (tertiary/aromatic N) is 2. The van der Waals surface area contributed by atoms with Crippen LogP contribution in [0.5, 0.6) is 5.75 Å². The summed E-state index contributed by atoms with van der Waals surface area (Å²) < 4.78 is 58.4. The lowest BCUT2D eigenvalue weighted by molar-refractivity contribution is 0.102. The van der Waals surface area contributed by atoms with Crippen LogP contribution < -0.4 is 15.8 Å². The van der Waals surface area contributed by atoms with Gasteiger partial charge in [-0.1, -0.05) is 0 Å². The summed E-state index contributed by atoms with van der Waals surface area (Å²) in [5, 5.41) is 1.52. The predicted octanol–water partition coefficient (Wildman–Crippen LogP) is 2.66. The van der Waals surface area contributed by atoms with E-state index in [9.17, 15) is 22.0 Å². The van der Waals surface area contributed by atoms with Crippen LogP contribution in [-0.2, 0) is 15.4 Å². The summed E-state index contributed by atoms with van der Waals surface area (Å²) in [4.78, 5) is 21.2. The topological polar surface area (TPSA) is 124 Å². The van der Waals surface area contributed by atoms with Crippen LogP contribution in [0.3, 0.4) is 0 Å². The number of fused-ring (bicyclic) bond motifs is 2. The average Bonchev–Trinajstić information content (AvgIpc) is 2.98. The molecule has 2 aromatic rings. The lowest BCUT2D eigenvalue weighted by atomic mass is 9.86. The minimum atomic E-state index is -4.06. The fourth-order valence-corrected chi connectivity index (χ4v) is 7.39. The largest absolute Gasteiger partial charge is 0.495 e. The SMILES string of the molecule is COc1cnc(C(=O)Nc2ccc(F)c([C@@]3(C)N=C(N)[C@@]4(CF)CC[C@@H]3S4(=O)=O)c2)c(C)c1. The number of nitrogens with one attached hydrogen (secondary N) is 1. The van der Waals surface area contributed by atoms with E-state index in [2.05, 4.69) is 15.3 Å². The number of carbonyl (C=O) groups excluding carboxylic acids is 1. The van der Waals surface area contributed by atoms with Gasteiger partial charge in [-0.25, -0.2) is 22.2 Å². The summed E-state index contributed by atoms with van der Waals surface area (Å²) in [6.45, 7) is 1.99. The first-order valence-corrected chi connectivity index (χ1v) is 11.8. The number of methoxy groups -OCH3 is 1. The first-order chi connectivity index (χ1) is 15.5. The molecule has 0 saturated carbocycles. The Morgan fingerprint density at radius 3 is 2.73 bits per heavy atom. The Morgan fingerprint density at radius 2 is 2.09 bits per heavy atom. The molecule has 8 nitrogen and oxygen atoms in total. The molecule has 0 aliphatic carbocycles. The molecule has 0 unspecified atom stereocenters.